The van der Waals surface area contributed by atoms with Crippen LogP contribution in [-0.2, 0) is 0 Å². The van der Waals surface area contributed by atoms with E-state index in [2.05, 4.69) is 18.7 Å². The minimum Gasteiger partial charge on any atom is -0.491 e. The summed E-state index contributed by atoms with van der Waals surface area (Å²) in [5.74, 6) is 0.449. The Balaban J connectivity index is 2.32. The van der Waals surface area contributed by atoms with E-state index in [9.17, 15) is 4.39 Å². The molecule has 0 heterocycles. The van der Waals surface area contributed by atoms with E-state index in [-0.39, 0.29) is 5.82 Å². The molecular weight excluding hydrogens is 243 g/mol. The molecule has 106 valence electrons. The number of hydrogen-bond acceptors (Lipinski definition) is 3. The van der Waals surface area contributed by atoms with Gasteiger partial charge in [0.25, 0.3) is 0 Å². The van der Waals surface area contributed by atoms with Crippen LogP contribution in [0.1, 0.15) is 33.6 Å². The van der Waals surface area contributed by atoms with Gasteiger partial charge in [0.05, 0.1) is 18.0 Å². The van der Waals surface area contributed by atoms with Crippen molar-refractivity contribution in [3.63, 3.8) is 0 Å². The summed E-state index contributed by atoms with van der Waals surface area (Å²) < 4.78 is 19.1. The van der Waals surface area contributed by atoms with Crippen molar-refractivity contribution >= 4 is 11.4 Å². The van der Waals surface area contributed by atoms with Crippen LogP contribution < -0.4 is 15.4 Å². The molecule has 0 saturated heterocycles. The number of rotatable bonds is 6. The van der Waals surface area contributed by atoms with E-state index in [1.165, 1.54) is 18.9 Å². The van der Waals surface area contributed by atoms with Crippen molar-refractivity contribution in [3.05, 3.63) is 17.9 Å². The molecule has 1 aromatic rings. The molecule has 1 aliphatic carbocycles. The highest BCUT2D eigenvalue weighted by molar-refractivity contribution is 5.71. The smallest absolute Gasteiger partial charge is 0.167 e. The minimum absolute atomic E-state index is 0.293. The lowest BCUT2D eigenvalue weighted by atomic mass is 10.1. The molecule has 0 spiro atoms. The van der Waals surface area contributed by atoms with Crippen molar-refractivity contribution in [1.29, 1.82) is 0 Å². The molecule has 1 fully saturated rings. The van der Waals surface area contributed by atoms with Crippen LogP contribution in [0, 0.1) is 11.7 Å². The lowest BCUT2D eigenvalue weighted by molar-refractivity contribution is 0.321. The number of ether oxygens (including phenoxy) is 1. The molecule has 0 amide bonds. The molecule has 0 aromatic heterocycles. The van der Waals surface area contributed by atoms with E-state index in [0.29, 0.717) is 30.0 Å². The maximum atomic E-state index is 13.7. The van der Waals surface area contributed by atoms with Crippen molar-refractivity contribution in [2.75, 3.05) is 23.8 Å². The maximum Gasteiger partial charge on any atom is 0.167 e. The Labute approximate surface area is 114 Å². The summed E-state index contributed by atoms with van der Waals surface area (Å²) in [5, 5.41) is 0. The Morgan fingerprint density at radius 1 is 1.42 bits per heavy atom. The molecule has 0 aliphatic heterocycles. The summed E-state index contributed by atoms with van der Waals surface area (Å²) in [7, 11) is 0. The number of anilines is 2. The SMILES string of the molecule is CCOc1cc(N(CC(C)C)C2CC2)c(N)cc1F. The number of halogens is 1. The van der Waals surface area contributed by atoms with Crippen LogP contribution in [0.25, 0.3) is 0 Å². The molecule has 1 aliphatic rings. The maximum absolute atomic E-state index is 13.7. The number of benzene rings is 1. The Morgan fingerprint density at radius 2 is 2.11 bits per heavy atom. The fraction of sp³-hybridized carbons (Fsp3) is 0.600. The first-order valence-corrected chi connectivity index (χ1v) is 7.01. The molecule has 3 nitrogen and oxygen atoms in total. The van der Waals surface area contributed by atoms with Gasteiger partial charge >= 0.3 is 0 Å². The molecule has 0 unspecified atom stereocenters. The van der Waals surface area contributed by atoms with Crippen molar-refractivity contribution in [1.82, 2.24) is 0 Å². The van der Waals surface area contributed by atoms with E-state index in [1.54, 1.807) is 6.07 Å². The Hall–Kier alpha value is -1.45. The van der Waals surface area contributed by atoms with Gasteiger partial charge in [-0.15, -0.1) is 0 Å². The average molecular weight is 266 g/mol. The van der Waals surface area contributed by atoms with Gasteiger partial charge in [-0.3, -0.25) is 0 Å². The zero-order chi connectivity index (χ0) is 14.0. The molecular formula is C15H23FN2O. The van der Waals surface area contributed by atoms with Gasteiger partial charge in [-0.2, -0.15) is 0 Å². The highest BCUT2D eigenvalue weighted by Crippen LogP contribution is 2.38. The van der Waals surface area contributed by atoms with E-state index in [4.69, 9.17) is 10.5 Å². The first kappa shape index (κ1) is 14.0. The number of nitrogen functional groups attached to an aromatic ring is 1. The van der Waals surface area contributed by atoms with Gasteiger partial charge in [0, 0.05) is 24.7 Å². The van der Waals surface area contributed by atoms with Gasteiger partial charge in [-0.05, 0) is 25.7 Å². The van der Waals surface area contributed by atoms with Crippen LogP contribution in [0.2, 0.25) is 0 Å². The van der Waals surface area contributed by atoms with Gasteiger partial charge in [-0.25, -0.2) is 4.39 Å². The Kier molecular flexibility index (Phi) is 4.17. The van der Waals surface area contributed by atoms with Gasteiger partial charge in [0.1, 0.15) is 0 Å². The second-order valence-corrected chi connectivity index (χ2v) is 5.55. The molecule has 1 saturated carbocycles. The van der Waals surface area contributed by atoms with Gasteiger partial charge in [0.15, 0.2) is 11.6 Å². The highest BCUT2D eigenvalue weighted by Gasteiger charge is 2.31. The molecule has 0 bridgehead atoms. The summed E-state index contributed by atoms with van der Waals surface area (Å²) >= 11 is 0. The van der Waals surface area contributed by atoms with Crippen LogP contribution in [0.5, 0.6) is 5.75 Å². The van der Waals surface area contributed by atoms with Crippen molar-refractivity contribution < 1.29 is 9.13 Å². The summed E-state index contributed by atoms with van der Waals surface area (Å²) in [6, 6.07) is 3.66. The normalized spacial score (nSPS) is 14.8. The standard InChI is InChI=1S/C15H23FN2O/c1-4-19-15-8-14(13(17)7-12(15)16)18(9-10(2)3)11-5-6-11/h7-8,10-11H,4-6,9,17H2,1-3H3. The topological polar surface area (TPSA) is 38.5 Å². The minimum atomic E-state index is -0.386. The van der Waals surface area contributed by atoms with Crippen molar-refractivity contribution in [3.8, 4) is 5.75 Å². The molecule has 0 atom stereocenters. The number of nitrogens with two attached hydrogens (primary N) is 1. The summed E-state index contributed by atoms with van der Waals surface area (Å²) in [4.78, 5) is 2.29. The number of hydrogen-bond donors (Lipinski definition) is 1. The largest absolute Gasteiger partial charge is 0.491 e. The Morgan fingerprint density at radius 3 is 2.63 bits per heavy atom. The second kappa shape index (κ2) is 5.68. The first-order valence-electron chi connectivity index (χ1n) is 7.01. The van der Waals surface area contributed by atoms with Gasteiger partial charge < -0.3 is 15.4 Å². The van der Waals surface area contributed by atoms with Crippen molar-refractivity contribution in [2.24, 2.45) is 5.92 Å². The fourth-order valence-corrected chi connectivity index (χ4v) is 2.30. The monoisotopic (exact) mass is 266 g/mol. The molecule has 4 heteroatoms. The molecule has 2 N–H and O–H groups in total. The summed E-state index contributed by atoms with van der Waals surface area (Å²) in [6.07, 6.45) is 2.38. The predicted octanol–water partition coefficient (Wildman–Crippen LogP) is 3.43. The van der Waals surface area contributed by atoms with E-state index < -0.39 is 0 Å². The van der Waals surface area contributed by atoms with E-state index in [1.807, 2.05) is 6.92 Å². The van der Waals surface area contributed by atoms with Crippen LogP contribution in [0.4, 0.5) is 15.8 Å². The quantitative estimate of drug-likeness (QED) is 0.802. The fourth-order valence-electron chi connectivity index (χ4n) is 2.30. The third-order valence-corrected chi connectivity index (χ3v) is 3.24. The zero-order valence-corrected chi connectivity index (χ0v) is 11.9. The highest BCUT2D eigenvalue weighted by atomic mass is 19.1. The van der Waals surface area contributed by atoms with Crippen LogP contribution >= 0.6 is 0 Å². The Bertz CT molecular complexity index is 444. The first-order chi connectivity index (χ1) is 9.02. The van der Waals surface area contributed by atoms with Crippen LogP contribution in [0.15, 0.2) is 12.1 Å². The summed E-state index contributed by atoms with van der Waals surface area (Å²) in [5.41, 5.74) is 7.39. The van der Waals surface area contributed by atoms with E-state index in [0.717, 1.165) is 12.2 Å². The average Bonchev–Trinajstić information content (AvgIpc) is 3.14. The third kappa shape index (κ3) is 3.31. The number of nitrogens with zero attached hydrogens (tertiary/aromatic N) is 1. The molecule has 1 aromatic carbocycles. The third-order valence-electron chi connectivity index (χ3n) is 3.24. The van der Waals surface area contributed by atoms with Gasteiger partial charge in [-0.1, -0.05) is 13.8 Å². The van der Waals surface area contributed by atoms with Crippen LogP contribution in [-0.4, -0.2) is 19.2 Å². The molecule has 19 heavy (non-hydrogen) atoms. The predicted molar refractivity (Wildman–Crippen MR) is 77.2 cm³/mol. The molecule has 2 rings (SSSR count). The van der Waals surface area contributed by atoms with E-state index >= 15 is 0 Å². The second-order valence-electron chi connectivity index (χ2n) is 5.55. The molecule has 0 radical (unpaired) electrons. The van der Waals surface area contributed by atoms with Crippen molar-refractivity contribution in [2.45, 2.75) is 39.7 Å². The van der Waals surface area contributed by atoms with Gasteiger partial charge in [0.2, 0.25) is 0 Å². The van der Waals surface area contributed by atoms with Crippen LogP contribution in [0.3, 0.4) is 0 Å². The lowest BCUT2D eigenvalue weighted by Gasteiger charge is -2.28. The lowest BCUT2D eigenvalue weighted by Crippen LogP contribution is -2.30. The zero-order valence-electron chi connectivity index (χ0n) is 11.9. The summed E-state index contributed by atoms with van der Waals surface area (Å²) in [6.45, 7) is 7.60.